The van der Waals surface area contributed by atoms with Crippen molar-refractivity contribution >= 4 is 10.1 Å². The van der Waals surface area contributed by atoms with Crippen molar-refractivity contribution in [2.24, 2.45) is 0 Å². The molecule has 0 aliphatic carbocycles. The summed E-state index contributed by atoms with van der Waals surface area (Å²) in [6.07, 6.45) is 0.132. The summed E-state index contributed by atoms with van der Waals surface area (Å²) in [7, 11) is 1.23. The smallest absolute Gasteiger partial charge is 0.267 e. The molecule has 11 heavy (non-hydrogen) atoms. The van der Waals surface area contributed by atoms with Gasteiger partial charge in [0.25, 0.3) is 10.1 Å². The van der Waals surface area contributed by atoms with Crippen molar-refractivity contribution in [2.75, 3.05) is 27.5 Å². The molecule has 0 aromatic rings. The van der Waals surface area contributed by atoms with Crippen LogP contribution >= 0.6 is 0 Å². The Kier molecular flexibility index (Phi) is 3.95. The Labute approximate surface area is 67.0 Å². The van der Waals surface area contributed by atoms with Crippen molar-refractivity contribution in [3.8, 4) is 0 Å². The van der Waals surface area contributed by atoms with Gasteiger partial charge >= 0.3 is 0 Å². The third kappa shape index (κ3) is 5.14. The van der Waals surface area contributed by atoms with Gasteiger partial charge in [-0.05, 0) is 14.1 Å². The SMILES string of the molecule is COC(OS(C)(=O)=O)N(C)C. The van der Waals surface area contributed by atoms with Crippen LogP contribution in [-0.4, -0.2) is 47.2 Å². The maximum absolute atomic E-state index is 10.6. The van der Waals surface area contributed by atoms with Crippen molar-refractivity contribution < 1.29 is 17.3 Å². The number of methoxy groups -OCH3 is 1. The molecule has 0 bridgehead atoms. The Balaban J connectivity index is 4.10. The van der Waals surface area contributed by atoms with Crippen LogP contribution in [0.5, 0.6) is 0 Å². The molecule has 6 heteroatoms. The number of nitrogens with zero attached hydrogens (tertiary/aromatic N) is 1. The first-order chi connectivity index (χ1) is 4.87. The number of rotatable bonds is 4. The molecule has 0 aromatic heterocycles. The predicted octanol–water partition coefficient (Wildman–Crippen LogP) is -0.546. The van der Waals surface area contributed by atoms with Crippen molar-refractivity contribution in [3.63, 3.8) is 0 Å². The molecule has 68 valence electrons. The van der Waals surface area contributed by atoms with E-state index in [4.69, 9.17) is 4.74 Å². The van der Waals surface area contributed by atoms with Crippen LogP contribution in [0.1, 0.15) is 0 Å². The van der Waals surface area contributed by atoms with Gasteiger partial charge in [-0.2, -0.15) is 8.42 Å². The summed E-state index contributed by atoms with van der Waals surface area (Å²) in [6.45, 7) is 0. The lowest BCUT2D eigenvalue weighted by Crippen LogP contribution is -2.34. The van der Waals surface area contributed by atoms with E-state index >= 15 is 0 Å². The molecule has 0 fully saturated rings. The fourth-order valence-electron chi connectivity index (χ4n) is 0.486. The van der Waals surface area contributed by atoms with E-state index in [1.165, 1.54) is 12.0 Å². The molecule has 1 atom stereocenters. The van der Waals surface area contributed by atoms with Gasteiger partial charge in [0.2, 0.25) is 6.41 Å². The number of ether oxygens (including phenoxy) is 1. The highest BCUT2D eigenvalue weighted by Gasteiger charge is 2.15. The average molecular weight is 183 g/mol. The van der Waals surface area contributed by atoms with Crippen LogP contribution in [-0.2, 0) is 19.0 Å². The van der Waals surface area contributed by atoms with E-state index in [0.717, 1.165) is 6.26 Å². The molecular weight excluding hydrogens is 170 g/mol. The third-order valence-corrected chi connectivity index (χ3v) is 1.39. The van der Waals surface area contributed by atoms with Crippen LogP contribution in [0, 0.1) is 0 Å². The largest absolute Gasteiger partial charge is 0.342 e. The van der Waals surface area contributed by atoms with E-state index in [-0.39, 0.29) is 0 Å². The molecular formula is C5H13NO4S. The zero-order chi connectivity index (χ0) is 9.07. The first-order valence-electron chi connectivity index (χ1n) is 2.94. The lowest BCUT2D eigenvalue weighted by atomic mass is 10.9. The van der Waals surface area contributed by atoms with Crippen molar-refractivity contribution in [2.45, 2.75) is 6.41 Å². The minimum atomic E-state index is -3.45. The van der Waals surface area contributed by atoms with E-state index in [9.17, 15) is 8.42 Å². The van der Waals surface area contributed by atoms with Gasteiger partial charge in [0.05, 0.1) is 6.26 Å². The minimum Gasteiger partial charge on any atom is -0.342 e. The van der Waals surface area contributed by atoms with Crippen molar-refractivity contribution in [1.29, 1.82) is 0 Å². The van der Waals surface area contributed by atoms with E-state index < -0.39 is 16.5 Å². The first kappa shape index (κ1) is 10.8. The summed E-state index contributed by atoms with van der Waals surface area (Å²) in [4.78, 5) is 1.50. The monoisotopic (exact) mass is 183 g/mol. The summed E-state index contributed by atoms with van der Waals surface area (Å²) in [5, 5.41) is 0. The molecule has 0 heterocycles. The lowest BCUT2D eigenvalue weighted by molar-refractivity contribution is -0.135. The van der Waals surface area contributed by atoms with Gasteiger partial charge in [-0.15, -0.1) is 0 Å². The second-order valence-electron chi connectivity index (χ2n) is 2.31. The molecule has 0 aliphatic rings. The van der Waals surface area contributed by atoms with E-state index in [2.05, 4.69) is 4.18 Å². The first-order valence-corrected chi connectivity index (χ1v) is 4.76. The lowest BCUT2D eigenvalue weighted by Gasteiger charge is -2.20. The van der Waals surface area contributed by atoms with Gasteiger partial charge in [0, 0.05) is 7.11 Å². The molecule has 0 saturated heterocycles. The average Bonchev–Trinajstić information content (AvgIpc) is 1.80. The van der Waals surface area contributed by atoms with Gasteiger partial charge in [0.15, 0.2) is 0 Å². The summed E-state index contributed by atoms with van der Waals surface area (Å²) in [6, 6.07) is 0. The second-order valence-corrected chi connectivity index (χ2v) is 3.91. The third-order valence-electron chi connectivity index (χ3n) is 0.880. The van der Waals surface area contributed by atoms with Gasteiger partial charge in [-0.25, -0.2) is 4.18 Å². The number of hydrogen-bond acceptors (Lipinski definition) is 5. The predicted molar refractivity (Wildman–Crippen MR) is 40.4 cm³/mol. The minimum absolute atomic E-state index is 0.843. The summed E-state index contributed by atoms with van der Waals surface area (Å²) >= 11 is 0. The Hall–Kier alpha value is -0.170. The van der Waals surface area contributed by atoms with Crippen molar-refractivity contribution in [3.05, 3.63) is 0 Å². The van der Waals surface area contributed by atoms with Crippen molar-refractivity contribution in [1.82, 2.24) is 4.90 Å². The Bertz CT molecular complexity index is 199. The standard InChI is InChI=1S/C5H13NO4S/c1-6(2)5(9-3)10-11(4,7)8/h5H,1-4H3. The zero-order valence-electron chi connectivity index (χ0n) is 7.07. The molecule has 0 saturated carbocycles. The molecule has 1 unspecified atom stereocenters. The Morgan fingerprint density at radius 3 is 1.91 bits per heavy atom. The molecule has 0 spiro atoms. The number of hydrogen-bond donors (Lipinski definition) is 0. The van der Waals surface area contributed by atoms with E-state index in [0.29, 0.717) is 0 Å². The normalized spacial score (nSPS) is 15.4. The van der Waals surface area contributed by atoms with Gasteiger partial charge in [0.1, 0.15) is 0 Å². The molecule has 0 radical (unpaired) electrons. The highest BCUT2D eigenvalue weighted by Crippen LogP contribution is 2.00. The fourth-order valence-corrected chi connectivity index (χ4v) is 1.04. The summed E-state index contributed by atoms with van der Waals surface area (Å²) in [5.41, 5.74) is 0. The van der Waals surface area contributed by atoms with Crippen LogP contribution in [0.3, 0.4) is 0 Å². The topological polar surface area (TPSA) is 55.8 Å². The van der Waals surface area contributed by atoms with Gasteiger partial charge in [-0.1, -0.05) is 0 Å². The van der Waals surface area contributed by atoms with Gasteiger partial charge in [-0.3, -0.25) is 4.90 Å². The van der Waals surface area contributed by atoms with E-state index in [1.54, 1.807) is 14.1 Å². The Morgan fingerprint density at radius 2 is 1.82 bits per heavy atom. The summed E-state index contributed by atoms with van der Waals surface area (Å²) in [5.74, 6) is 0. The molecule has 0 N–H and O–H groups in total. The molecule has 0 amide bonds. The van der Waals surface area contributed by atoms with Crippen LogP contribution in [0.15, 0.2) is 0 Å². The molecule has 0 rings (SSSR count). The van der Waals surface area contributed by atoms with Crippen LogP contribution in [0.25, 0.3) is 0 Å². The molecule has 0 aromatic carbocycles. The maximum Gasteiger partial charge on any atom is 0.267 e. The summed E-state index contributed by atoms with van der Waals surface area (Å²) < 4.78 is 30.4. The van der Waals surface area contributed by atoms with Crippen LogP contribution in [0.2, 0.25) is 0 Å². The second kappa shape index (κ2) is 4.01. The zero-order valence-corrected chi connectivity index (χ0v) is 7.88. The molecule has 5 nitrogen and oxygen atoms in total. The quantitative estimate of drug-likeness (QED) is 0.432. The van der Waals surface area contributed by atoms with Crippen LogP contribution < -0.4 is 0 Å². The molecule has 0 aliphatic heterocycles. The Morgan fingerprint density at radius 1 is 1.36 bits per heavy atom. The fraction of sp³-hybridized carbons (Fsp3) is 1.00. The maximum atomic E-state index is 10.6. The van der Waals surface area contributed by atoms with E-state index in [1.807, 2.05) is 0 Å². The van der Waals surface area contributed by atoms with Crippen LogP contribution in [0.4, 0.5) is 0 Å². The highest BCUT2D eigenvalue weighted by atomic mass is 32.2. The van der Waals surface area contributed by atoms with Gasteiger partial charge < -0.3 is 4.74 Å². The highest BCUT2D eigenvalue weighted by molar-refractivity contribution is 7.86.